The van der Waals surface area contributed by atoms with Crippen molar-refractivity contribution >= 4 is 19.7 Å². The highest BCUT2D eigenvalue weighted by Crippen LogP contribution is 2.43. The van der Waals surface area contributed by atoms with Crippen LogP contribution in [0.4, 0.5) is 0 Å². The van der Waals surface area contributed by atoms with Gasteiger partial charge in [-0.05, 0) is 96.0 Å². The van der Waals surface area contributed by atoms with Gasteiger partial charge in [0.2, 0.25) is 5.91 Å². The Labute approximate surface area is 445 Å². The Morgan fingerprint density at radius 1 is 0.486 bits per heavy atom. The van der Waals surface area contributed by atoms with E-state index >= 15 is 0 Å². The molecule has 0 aliphatic carbocycles. The number of hydrogen-bond donors (Lipinski definition) is 2. The minimum absolute atomic E-state index is 0.0342. The molecule has 2 N–H and O–H groups in total. The molecular formula is C62H116N2O7P+. The Kier molecular flexibility index (Phi) is 50.5. The molecule has 0 saturated carbocycles. The SMILES string of the molecule is CCCCC/C=C\C/C=C\C/C=C\CCCCCCCCC(=O)OC(/C=C/CCCCCCCCCCCCC)C(COP(=O)(O)OCC[N+](C)(C)C)NC(=O)CCCCC/C=C\CCCCCCCCC. The first-order chi connectivity index (χ1) is 34.9. The number of allylic oxidation sites excluding steroid dienone is 9. The maximum atomic E-state index is 13.5. The summed E-state index contributed by atoms with van der Waals surface area (Å²) in [4.78, 5) is 37.6. The number of phosphoric ester groups is 1. The van der Waals surface area contributed by atoms with Gasteiger partial charge < -0.3 is 19.4 Å². The van der Waals surface area contributed by atoms with Crippen molar-refractivity contribution in [3.63, 3.8) is 0 Å². The van der Waals surface area contributed by atoms with Crippen molar-refractivity contribution in [2.75, 3.05) is 40.9 Å². The summed E-state index contributed by atoms with van der Waals surface area (Å²) < 4.78 is 30.6. The first-order valence-corrected chi connectivity index (χ1v) is 31.6. The van der Waals surface area contributed by atoms with Crippen molar-refractivity contribution in [1.29, 1.82) is 0 Å². The molecule has 72 heavy (non-hydrogen) atoms. The fraction of sp³-hybridized carbons (Fsp3) is 0.806. The summed E-state index contributed by atoms with van der Waals surface area (Å²) in [6, 6.07) is -0.862. The second-order valence-electron chi connectivity index (χ2n) is 21.5. The lowest BCUT2D eigenvalue weighted by molar-refractivity contribution is -0.870. The van der Waals surface area contributed by atoms with Gasteiger partial charge in [-0.25, -0.2) is 4.57 Å². The number of carbonyl (C=O) groups is 2. The molecule has 9 nitrogen and oxygen atoms in total. The number of ether oxygens (including phenoxy) is 1. The van der Waals surface area contributed by atoms with Gasteiger partial charge in [0.05, 0.1) is 33.8 Å². The number of nitrogens with zero attached hydrogens (tertiary/aromatic N) is 1. The standard InChI is InChI=1S/C62H115N2O7P/c1-7-10-13-16-19-22-25-28-30-31-32-33-34-37-40-43-46-49-52-55-62(66)71-60(53-50-47-44-41-38-35-27-24-21-18-15-12-9-3)59(58-70-72(67,68)69-57-56-64(4,5)6)63-61(65)54-51-48-45-42-39-36-29-26-23-20-17-14-11-8-2/h19,22,28,30,32-33,36,39,50,53,59-60H,7-18,20-21,23-27,29,31,34-35,37-38,40-49,51-52,54-58H2,1-6H3,(H-,63,65,67,68)/p+1/b22-19-,30-28-,33-32-,39-36-,53-50+. The molecule has 0 radical (unpaired) electrons. The number of carbonyl (C=O) groups excluding carboxylic acids is 2. The Balaban J connectivity index is 5.36. The smallest absolute Gasteiger partial charge is 0.456 e. The zero-order chi connectivity index (χ0) is 52.9. The molecular weight excluding hydrogens is 916 g/mol. The van der Waals surface area contributed by atoms with Crippen LogP contribution in [0.3, 0.4) is 0 Å². The zero-order valence-electron chi connectivity index (χ0n) is 47.9. The van der Waals surface area contributed by atoms with Crippen LogP contribution in [0, 0.1) is 0 Å². The summed E-state index contributed by atoms with van der Waals surface area (Å²) in [5.74, 6) is -0.535. The first-order valence-electron chi connectivity index (χ1n) is 30.1. The maximum Gasteiger partial charge on any atom is 0.472 e. The molecule has 0 fully saturated rings. The number of likely N-dealkylation sites (N-methyl/N-ethyl adjacent to an activating group) is 1. The number of rotatable bonds is 54. The summed E-state index contributed by atoms with van der Waals surface area (Å²) >= 11 is 0. The van der Waals surface area contributed by atoms with Crippen LogP contribution >= 0.6 is 7.82 Å². The van der Waals surface area contributed by atoms with Gasteiger partial charge in [-0.2, -0.15) is 0 Å². The molecule has 10 heteroatoms. The molecule has 0 heterocycles. The average Bonchev–Trinajstić information content (AvgIpc) is 3.34. The first kappa shape index (κ1) is 69.7. The lowest BCUT2D eigenvalue weighted by Gasteiger charge is -2.27. The molecule has 0 aromatic heterocycles. The average molecular weight is 1030 g/mol. The van der Waals surface area contributed by atoms with Gasteiger partial charge in [-0.3, -0.25) is 18.6 Å². The predicted octanol–water partition coefficient (Wildman–Crippen LogP) is 18.3. The molecule has 0 aromatic carbocycles. The molecule has 3 atom stereocenters. The lowest BCUT2D eigenvalue weighted by atomic mass is 10.0. The second kappa shape index (κ2) is 52.2. The monoisotopic (exact) mass is 1030 g/mol. The number of hydrogen-bond acceptors (Lipinski definition) is 6. The van der Waals surface area contributed by atoms with Gasteiger partial charge in [0, 0.05) is 12.8 Å². The number of nitrogens with one attached hydrogen (secondary N) is 1. The quantitative estimate of drug-likeness (QED) is 0.0205. The predicted molar refractivity (Wildman–Crippen MR) is 309 cm³/mol. The number of phosphoric acid groups is 1. The fourth-order valence-electron chi connectivity index (χ4n) is 8.47. The van der Waals surface area contributed by atoms with Crippen LogP contribution in [0.5, 0.6) is 0 Å². The van der Waals surface area contributed by atoms with Crippen LogP contribution in [0.1, 0.15) is 271 Å². The van der Waals surface area contributed by atoms with Gasteiger partial charge in [-0.15, -0.1) is 0 Å². The van der Waals surface area contributed by atoms with E-state index in [4.69, 9.17) is 13.8 Å². The van der Waals surface area contributed by atoms with Crippen molar-refractivity contribution < 1.29 is 37.3 Å². The molecule has 0 bridgehead atoms. The number of amides is 1. The summed E-state index contributed by atoms with van der Waals surface area (Å²) in [6.45, 7) is 6.97. The Bertz CT molecular complexity index is 1420. The zero-order valence-corrected chi connectivity index (χ0v) is 48.8. The van der Waals surface area contributed by atoms with E-state index in [1.165, 1.54) is 141 Å². The second-order valence-corrected chi connectivity index (χ2v) is 23.0. The van der Waals surface area contributed by atoms with E-state index in [1.54, 1.807) is 0 Å². The minimum atomic E-state index is -4.45. The Morgan fingerprint density at radius 2 is 0.847 bits per heavy atom. The maximum absolute atomic E-state index is 13.5. The van der Waals surface area contributed by atoms with Gasteiger partial charge in [-0.1, -0.05) is 223 Å². The molecule has 0 rings (SSSR count). The van der Waals surface area contributed by atoms with Crippen LogP contribution < -0.4 is 5.32 Å². The Morgan fingerprint density at radius 3 is 1.32 bits per heavy atom. The van der Waals surface area contributed by atoms with Crippen molar-refractivity contribution in [3.05, 3.63) is 60.8 Å². The third-order valence-corrected chi connectivity index (χ3v) is 14.2. The number of esters is 1. The molecule has 0 aliphatic rings. The highest BCUT2D eigenvalue weighted by molar-refractivity contribution is 7.47. The van der Waals surface area contributed by atoms with Gasteiger partial charge >= 0.3 is 13.8 Å². The number of unbranched alkanes of at least 4 members (excludes halogenated alkanes) is 30. The topological polar surface area (TPSA) is 111 Å². The van der Waals surface area contributed by atoms with E-state index < -0.39 is 20.0 Å². The molecule has 0 aliphatic heterocycles. The van der Waals surface area contributed by atoms with Crippen molar-refractivity contribution in [1.82, 2.24) is 5.32 Å². The lowest BCUT2D eigenvalue weighted by Crippen LogP contribution is -2.47. The van der Waals surface area contributed by atoms with Crippen LogP contribution in [0.2, 0.25) is 0 Å². The summed E-state index contributed by atoms with van der Waals surface area (Å²) in [6.07, 6.45) is 64.9. The summed E-state index contributed by atoms with van der Waals surface area (Å²) in [7, 11) is 1.48. The van der Waals surface area contributed by atoms with Crippen LogP contribution in [-0.2, 0) is 27.9 Å². The molecule has 0 saturated heterocycles. The number of quaternary nitrogens is 1. The van der Waals surface area contributed by atoms with E-state index in [9.17, 15) is 19.0 Å². The van der Waals surface area contributed by atoms with Gasteiger partial charge in [0.15, 0.2) is 0 Å². The van der Waals surface area contributed by atoms with E-state index in [0.717, 1.165) is 96.3 Å². The van der Waals surface area contributed by atoms with E-state index in [0.29, 0.717) is 17.4 Å². The highest BCUT2D eigenvalue weighted by Gasteiger charge is 2.30. The normalized spacial score (nSPS) is 14.2. The van der Waals surface area contributed by atoms with Crippen LogP contribution in [-0.4, -0.2) is 74.3 Å². The summed E-state index contributed by atoms with van der Waals surface area (Å²) in [5.41, 5.74) is 0. The van der Waals surface area contributed by atoms with E-state index in [1.807, 2.05) is 33.3 Å². The van der Waals surface area contributed by atoms with Crippen LogP contribution in [0.25, 0.3) is 0 Å². The van der Waals surface area contributed by atoms with Gasteiger partial charge in [0.25, 0.3) is 0 Å². The molecule has 3 unspecified atom stereocenters. The molecule has 1 amide bonds. The molecule has 0 spiro atoms. The van der Waals surface area contributed by atoms with Crippen molar-refractivity contribution in [2.45, 2.75) is 283 Å². The third-order valence-electron chi connectivity index (χ3n) is 13.2. The molecule has 0 aromatic rings. The van der Waals surface area contributed by atoms with E-state index in [-0.39, 0.29) is 31.5 Å². The fourth-order valence-corrected chi connectivity index (χ4v) is 9.21. The Hall–Kier alpha value is -2.29. The van der Waals surface area contributed by atoms with Crippen molar-refractivity contribution in [3.8, 4) is 0 Å². The largest absolute Gasteiger partial charge is 0.472 e. The highest BCUT2D eigenvalue weighted by atomic mass is 31.2. The van der Waals surface area contributed by atoms with Crippen LogP contribution in [0.15, 0.2) is 60.8 Å². The van der Waals surface area contributed by atoms with Crippen molar-refractivity contribution in [2.24, 2.45) is 0 Å². The molecule has 420 valence electrons. The van der Waals surface area contributed by atoms with E-state index in [2.05, 4.69) is 74.7 Å². The van der Waals surface area contributed by atoms with Gasteiger partial charge in [0.1, 0.15) is 19.3 Å². The minimum Gasteiger partial charge on any atom is -0.456 e. The summed E-state index contributed by atoms with van der Waals surface area (Å²) in [5, 5.41) is 3.04. The third kappa shape index (κ3) is 52.6.